The van der Waals surface area contributed by atoms with E-state index < -0.39 is 0 Å². The second-order valence-electron chi connectivity index (χ2n) is 4.52. The van der Waals surface area contributed by atoms with Gasteiger partial charge >= 0.3 is 0 Å². The maximum Gasteiger partial charge on any atom is 0.0306 e. The van der Waals surface area contributed by atoms with Crippen LogP contribution in [0.4, 0.5) is 0 Å². The monoisotopic (exact) mass is 222 g/mol. The van der Waals surface area contributed by atoms with Crippen molar-refractivity contribution in [3.05, 3.63) is 65.5 Å². The Hall–Kier alpha value is -1.96. The van der Waals surface area contributed by atoms with Crippen molar-refractivity contribution >= 4 is 5.71 Å². The number of benzene rings is 1. The number of fused-ring (bicyclic) bond motifs is 1. The first-order valence-electron chi connectivity index (χ1n) is 5.88. The van der Waals surface area contributed by atoms with Crippen LogP contribution in [0.5, 0.6) is 0 Å². The fourth-order valence-electron chi connectivity index (χ4n) is 2.57. The summed E-state index contributed by atoms with van der Waals surface area (Å²) in [6.07, 6.45) is 5.33. The van der Waals surface area contributed by atoms with Crippen molar-refractivity contribution in [3.63, 3.8) is 0 Å². The van der Waals surface area contributed by atoms with Gasteiger partial charge in [0.25, 0.3) is 0 Å². The number of nitrogens with zero attached hydrogens (tertiary/aromatic N) is 1. The lowest BCUT2D eigenvalue weighted by Crippen LogP contribution is -2.18. The molecular formula is C15H14N2. The van der Waals surface area contributed by atoms with Crippen LogP contribution in [0, 0.1) is 5.41 Å². The quantitative estimate of drug-likeness (QED) is 0.790. The average molecular weight is 222 g/mol. The lowest BCUT2D eigenvalue weighted by Gasteiger charge is -2.26. The van der Waals surface area contributed by atoms with Gasteiger partial charge in [-0.1, -0.05) is 30.3 Å². The Balaban J connectivity index is 2.10. The van der Waals surface area contributed by atoms with Gasteiger partial charge in [-0.2, -0.15) is 0 Å². The summed E-state index contributed by atoms with van der Waals surface area (Å²) in [6, 6.07) is 12.5. The zero-order valence-corrected chi connectivity index (χ0v) is 9.56. The Morgan fingerprint density at radius 1 is 1.12 bits per heavy atom. The van der Waals surface area contributed by atoms with E-state index in [9.17, 15) is 0 Å². The van der Waals surface area contributed by atoms with Crippen molar-refractivity contribution < 1.29 is 0 Å². The molecule has 0 radical (unpaired) electrons. The predicted molar refractivity (Wildman–Crippen MR) is 68.6 cm³/mol. The maximum absolute atomic E-state index is 7.98. The number of hydrogen-bond donors (Lipinski definition) is 1. The van der Waals surface area contributed by atoms with Gasteiger partial charge in [-0.25, -0.2) is 0 Å². The first-order valence-corrected chi connectivity index (χ1v) is 5.88. The van der Waals surface area contributed by atoms with Crippen LogP contribution < -0.4 is 0 Å². The number of aromatic nitrogens is 1. The molecule has 0 amide bonds. The second kappa shape index (κ2) is 4.13. The standard InChI is InChI=1S/C15H14N2/c16-13-8-11-4-1-2-6-14(11)15(9-13)12-5-3-7-17-10-12/h1-7,10,15-16H,8-9H2. The minimum absolute atomic E-state index is 0.307. The average Bonchev–Trinajstić information content (AvgIpc) is 2.39. The van der Waals surface area contributed by atoms with Crippen LogP contribution in [-0.2, 0) is 6.42 Å². The molecule has 2 aromatic rings. The third-order valence-electron chi connectivity index (χ3n) is 3.37. The van der Waals surface area contributed by atoms with Crippen LogP contribution in [0.1, 0.15) is 29.0 Å². The van der Waals surface area contributed by atoms with Gasteiger partial charge in [-0.3, -0.25) is 4.98 Å². The van der Waals surface area contributed by atoms with Gasteiger partial charge in [0, 0.05) is 30.4 Å². The van der Waals surface area contributed by atoms with Crippen LogP contribution in [0.15, 0.2) is 48.8 Å². The van der Waals surface area contributed by atoms with E-state index in [1.54, 1.807) is 6.20 Å². The van der Waals surface area contributed by atoms with E-state index in [4.69, 9.17) is 5.41 Å². The summed E-state index contributed by atoms with van der Waals surface area (Å²) in [4.78, 5) is 4.19. The largest absolute Gasteiger partial charge is 0.309 e. The topological polar surface area (TPSA) is 36.7 Å². The first-order chi connectivity index (χ1) is 8.34. The fourth-order valence-corrected chi connectivity index (χ4v) is 2.57. The van der Waals surface area contributed by atoms with Gasteiger partial charge in [0.2, 0.25) is 0 Å². The van der Waals surface area contributed by atoms with Crippen molar-refractivity contribution in [1.29, 1.82) is 5.41 Å². The minimum Gasteiger partial charge on any atom is -0.309 e. The van der Waals surface area contributed by atoms with Gasteiger partial charge in [0.05, 0.1) is 0 Å². The van der Waals surface area contributed by atoms with Crippen molar-refractivity contribution in [1.82, 2.24) is 4.98 Å². The van der Waals surface area contributed by atoms with E-state index in [0.717, 1.165) is 18.6 Å². The summed E-state index contributed by atoms with van der Waals surface area (Å²) in [7, 11) is 0. The number of pyridine rings is 1. The van der Waals surface area contributed by atoms with E-state index in [0.29, 0.717) is 5.92 Å². The van der Waals surface area contributed by atoms with Crippen LogP contribution in [0.3, 0.4) is 0 Å². The van der Waals surface area contributed by atoms with E-state index in [1.165, 1.54) is 16.7 Å². The number of hydrogen-bond acceptors (Lipinski definition) is 2. The Morgan fingerprint density at radius 2 is 2.00 bits per heavy atom. The molecule has 0 aliphatic heterocycles. The Morgan fingerprint density at radius 3 is 2.82 bits per heavy atom. The predicted octanol–water partition coefficient (Wildman–Crippen LogP) is 3.18. The minimum atomic E-state index is 0.307. The molecule has 84 valence electrons. The molecule has 0 spiro atoms. The molecule has 0 bridgehead atoms. The van der Waals surface area contributed by atoms with Gasteiger partial charge < -0.3 is 5.41 Å². The van der Waals surface area contributed by atoms with Crippen molar-refractivity contribution in [2.75, 3.05) is 0 Å². The lowest BCUT2D eigenvalue weighted by atomic mass is 9.78. The molecular weight excluding hydrogens is 208 g/mol. The van der Waals surface area contributed by atoms with Gasteiger partial charge in [-0.15, -0.1) is 0 Å². The van der Waals surface area contributed by atoms with Crippen molar-refractivity contribution in [2.24, 2.45) is 0 Å². The molecule has 2 nitrogen and oxygen atoms in total. The Kier molecular flexibility index (Phi) is 2.48. The second-order valence-corrected chi connectivity index (χ2v) is 4.52. The summed E-state index contributed by atoms with van der Waals surface area (Å²) < 4.78 is 0. The van der Waals surface area contributed by atoms with Gasteiger partial charge in [-0.05, 0) is 29.2 Å². The summed E-state index contributed by atoms with van der Waals surface area (Å²) in [5.41, 5.74) is 4.68. The highest BCUT2D eigenvalue weighted by atomic mass is 14.6. The molecule has 1 aliphatic carbocycles. The lowest BCUT2D eigenvalue weighted by molar-refractivity contribution is 0.797. The molecule has 1 N–H and O–H groups in total. The molecule has 0 saturated heterocycles. The number of rotatable bonds is 1. The Labute approximate surface area is 101 Å². The van der Waals surface area contributed by atoms with Gasteiger partial charge in [0.1, 0.15) is 0 Å². The summed E-state index contributed by atoms with van der Waals surface area (Å²) in [5.74, 6) is 0.307. The molecule has 1 unspecified atom stereocenters. The van der Waals surface area contributed by atoms with Crippen molar-refractivity contribution in [2.45, 2.75) is 18.8 Å². The van der Waals surface area contributed by atoms with E-state index in [2.05, 4.69) is 35.3 Å². The zero-order valence-electron chi connectivity index (χ0n) is 9.56. The third kappa shape index (κ3) is 1.86. The molecule has 1 heterocycles. The fraction of sp³-hybridized carbons (Fsp3) is 0.200. The molecule has 3 rings (SSSR count). The summed E-state index contributed by atoms with van der Waals surface area (Å²) in [5, 5.41) is 7.98. The van der Waals surface area contributed by atoms with E-state index in [-0.39, 0.29) is 0 Å². The van der Waals surface area contributed by atoms with Gasteiger partial charge in [0.15, 0.2) is 0 Å². The highest BCUT2D eigenvalue weighted by molar-refractivity contribution is 5.87. The molecule has 0 saturated carbocycles. The maximum atomic E-state index is 7.98. The summed E-state index contributed by atoms with van der Waals surface area (Å²) in [6.45, 7) is 0. The molecule has 2 heteroatoms. The highest BCUT2D eigenvalue weighted by Crippen LogP contribution is 2.34. The molecule has 1 atom stereocenters. The molecule has 0 fully saturated rings. The van der Waals surface area contributed by atoms with E-state index >= 15 is 0 Å². The normalized spacial score (nSPS) is 18.8. The number of nitrogens with one attached hydrogen (secondary N) is 1. The van der Waals surface area contributed by atoms with Crippen molar-refractivity contribution in [3.8, 4) is 0 Å². The molecule has 1 aromatic heterocycles. The van der Waals surface area contributed by atoms with Crippen LogP contribution in [0.2, 0.25) is 0 Å². The SMILES string of the molecule is N=C1Cc2ccccc2C(c2cccnc2)C1. The van der Waals surface area contributed by atoms with Crippen LogP contribution in [0.25, 0.3) is 0 Å². The summed E-state index contributed by atoms with van der Waals surface area (Å²) >= 11 is 0. The Bertz CT molecular complexity index is 546. The molecule has 1 aliphatic rings. The third-order valence-corrected chi connectivity index (χ3v) is 3.37. The highest BCUT2D eigenvalue weighted by Gasteiger charge is 2.24. The smallest absolute Gasteiger partial charge is 0.0306 e. The zero-order chi connectivity index (χ0) is 11.7. The molecule has 1 aromatic carbocycles. The molecule has 17 heavy (non-hydrogen) atoms. The first kappa shape index (κ1) is 10.2. The van der Waals surface area contributed by atoms with Crippen LogP contribution in [-0.4, -0.2) is 10.7 Å². The van der Waals surface area contributed by atoms with Crippen LogP contribution >= 0.6 is 0 Å². The van der Waals surface area contributed by atoms with E-state index in [1.807, 2.05) is 12.3 Å².